The maximum absolute atomic E-state index is 12.8. The van der Waals surface area contributed by atoms with Crippen LogP contribution >= 0.6 is 0 Å². The van der Waals surface area contributed by atoms with Crippen LogP contribution in [0.3, 0.4) is 0 Å². The van der Waals surface area contributed by atoms with Crippen molar-refractivity contribution >= 4 is 40.8 Å². The minimum atomic E-state index is -5.03. The van der Waals surface area contributed by atoms with E-state index in [1.54, 1.807) is 24.3 Å². The Hall–Kier alpha value is -0.530. The average Bonchev–Trinajstić information content (AvgIpc) is 2.61. The molecule has 0 unspecified atom stereocenters. The smallest absolute Gasteiger partial charge is 0.290 e. The Bertz CT molecular complexity index is 1070. The quantitative estimate of drug-likeness (QED) is 0.308. The minimum absolute atomic E-state index is 0. The Labute approximate surface area is 167 Å². The van der Waals surface area contributed by atoms with Crippen LogP contribution in [0.1, 0.15) is 0 Å². The topological polar surface area (TPSA) is 121 Å². The van der Waals surface area contributed by atoms with Gasteiger partial charge < -0.3 is 0 Å². The number of rotatable bonds is 2. The van der Waals surface area contributed by atoms with Gasteiger partial charge in [0.2, 0.25) is 0 Å². The van der Waals surface area contributed by atoms with Crippen LogP contribution in [0.15, 0.2) is 47.4 Å². The van der Waals surface area contributed by atoms with Gasteiger partial charge in [-0.25, -0.2) is 16.8 Å². The molecule has 0 N–H and O–H groups in total. The van der Waals surface area contributed by atoms with Gasteiger partial charge in [-0.1, -0.05) is 36.4 Å². The molecule has 8 nitrogen and oxygen atoms in total. The number of hydrogen-bond acceptors (Lipinski definition) is 8. The van der Waals surface area contributed by atoms with Crippen LogP contribution in [-0.2, 0) is 38.4 Å². The first-order valence-electron chi connectivity index (χ1n) is 6.55. The van der Waals surface area contributed by atoms with Crippen molar-refractivity contribution in [1.82, 2.24) is 0 Å². The molecule has 0 radical (unpaired) electrons. The van der Waals surface area contributed by atoms with E-state index < -0.39 is 52.1 Å². The van der Waals surface area contributed by atoms with Gasteiger partial charge in [0, 0.05) is 4.90 Å². The van der Waals surface area contributed by atoms with Gasteiger partial charge in [-0.2, -0.15) is 0 Å². The summed E-state index contributed by atoms with van der Waals surface area (Å²) in [5.74, 6) is 0. The molecular formula is C13H11NaO8S3. The molecule has 1 saturated heterocycles. The summed E-state index contributed by atoms with van der Waals surface area (Å²) < 4.78 is 81.0. The van der Waals surface area contributed by atoms with E-state index >= 15 is 0 Å². The Morgan fingerprint density at radius 1 is 0.840 bits per heavy atom. The van der Waals surface area contributed by atoms with Crippen molar-refractivity contribution in [2.45, 2.75) is 4.90 Å². The van der Waals surface area contributed by atoms with E-state index in [1.165, 1.54) is 12.1 Å². The third kappa shape index (κ3) is 3.78. The normalized spacial score (nSPS) is 20.5. The van der Waals surface area contributed by atoms with Crippen molar-refractivity contribution in [3.8, 4) is 0 Å². The first kappa shape index (κ1) is 20.8. The van der Waals surface area contributed by atoms with Gasteiger partial charge in [0.25, 0.3) is 0 Å². The van der Waals surface area contributed by atoms with E-state index in [4.69, 9.17) is 0 Å². The van der Waals surface area contributed by atoms with Gasteiger partial charge in [-0.15, -0.1) is 0 Å². The van der Waals surface area contributed by atoms with E-state index in [-0.39, 0.29) is 34.9 Å². The molecule has 0 aromatic heterocycles. The number of benzene rings is 2. The van der Waals surface area contributed by atoms with Gasteiger partial charge in [-0.05, 0) is 16.8 Å². The average molecular weight is 414 g/mol. The molecular weight excluding hydrogens is 403 g/mol. The molecule has 0 atom stereocenters. The molecule has 1 aliphatic rings. The fourth-order valence-electron chi connectivity index (χ4n) is 2.30. The third-order valence-corrected chi connectivity index (χ3v) is 10.1. The maximum Gasteiger partial charge on any atom is 1.00 e. The molecule has 3 rings (SSSR count). The van der Waals surface area contributed by atoms with E-state index in [9.17, 15) is 25.3 Å². The van der Waals surface area contributed by atoms with Crippen LogP contribution in [0, 0.1) is 3.91 Å². The van der Waals surface area contributed by atoms with Crippen molar-refractivity contribution in [3.63, 3.8) is 0 Å². The Kier molecular flexibility index (Phi) is 6.01. The molecule has 0 amide bonds. The van der Waals surface area contributed by atoms with E-state index in [2.05, 4.69) is 8.37 Å². The monoisotopic (exact) mass is 414 g/mol. The standard InChI is InChI=1S/C13H11O8S3.Na/c14-22(15,12-7-3-5-10-4-1-2-6-11(10)12)13-23(16,17)20-8-9-21-24(13,18)19;/h1-7H,8-9H2;/q-1;+1. The number of fused-ring (bicyclic) bond motifs is 1. The summed E-state index contributed by atoms with van der Waals surface area (Å²) in [5, 5.41) is 0.687. The molecule has 25 heavy (non-hydrogen) atoms. The molecule has 2 aromatic rings. The Morgan fingerprint density at radius 3 is 1.96 bits per heavy atom. The third-order valence-electron chi connectivity index (χ3n) is 3.23. The molecule has 130 valence electrons. The second kappa shape index (κ2) is 7.24. The summed E-state index contributed by atoms with van der Waals surface area (Å²) in [6.07, 6.45) is 0. The Balaban J connectivity index is 0.00000225. The number of sulfone groups is 1. The van der Waals surface area contributed by atoms with Crippen molar-refractivity contribution in [2.75, 3.05) is 13.2 Å². The first-order chi connectivity index (χ1) is 11.2. The molecule has 1 aliphatic heterocycles. The summed E-state index contributed by atoms with van der Waals surface area (Å²) in [6, 6.07) is 10.4. The van der Waals surface area contributed by atoms with Crippen LogP contribution in [0.2, 0.25) is 0 Å². The van der Waals surface area contributed by atoms with Gasteiger partial charge in [0.15, 0.2) is 20.2 Å². The molecule has 0 bridgehead atoms. The zero-order valence-electron chi connectivity index (χ0n) is 12.9. The van der Waals surface area contributed by atoms with Crippen molar-refractivity contribution < 1.29 is 63.2 Å². The van der Waals surface area contributed by atoms with Gasteiger partial charge >= 0.3 is 29.6 Å². The summed E-state index contributed by atoms with van der Waals surface area (Å²) >= 11 is 0. The van der Waals surface area contributed by atoms with Gasteiger partial charge in [0.1, 0.15) is 0 Å². The van der Waals surface area contributed by atoms with Crippen LogP contribution in [0.25, 0.3) is 10.8 Å². The molecule has 12 heteroatoms. The summed E-state index contributed by atoms with van der Waals surface area (Å²) in [5.41, 5.74) is 0. The molecule has 0 aliphatic carbocycles. The van der Waals surface area contributed by atoms with Crippen LogP contribution in [-0.4, -0.2) is 38.5 Å². The van der Waals surface area contributed by atoms with Crippen LogP contribution in [0.5, 0.6) is 0 Å². The molecule has 2 aromatic carbocycles. The summed E-state index contributed by atoms with van der Waals surface area (Å²) in [6.45, 7) is -1.20. The van der Waals surface area contributed by atoms with E-state index in [1.807, 2.05) is 0 Å². The van der Waals surface area contributed by atoms with Crippen molar-refractivity contribution in [3.05, 3.63) is 46.4 Å². The maximum atomic E-state index is 12.8. The van der Waals surface area contributed by atoms with E-state index in [0.717, 1.165) is 6.07 Å². The van der Waals surface area contributed by atoms with Crippen LogP contribution in [0.4, 0.5) is 0 Å². The molecule has 1 fully saturated rings. The fourth-order valence-corrected chi connectivity index (χ4v) is 8.24. The predicted octanol–water partition coefficient (Wildman–Crippen LogP) is -2.23. The fraction of sp³-hybridized carbons (Fsp3) is 0.154. The second-order valence-corrected chi connectivity index (χ2v) is 10.5. The van der Waals surface area contributed by atoms with Crippen molar-refractivity contribution in [2.24, 2.45) is 0 Å². The number of hydrogen-bond donors (Lipinski definition) is 0. The van der Waals surface area contributed by atoms with E-state index in [0.29, 0.717) is 5.39 Å². The predicted molar refractivity (Wildman–Crippen MR) is 84.1 cm³/mol. The van der Waals surface area contributed by atoms with Crippen molar-refractivity contribution in [1.29, 1.82) is 0 Å². The van der Waals surface area contributed by atoms with Gasteiger partial charge in [-0.3, -0.25) is 16.8 Å². The summed E-state index contributed by atoms with van der Waals surface area (Å²) in [4.78, 5) is -0.461. The largest absolute Gasteiger partial charge is 1.00 e. The first-order valence-corrected chi connectivity index (χ1v) is 10.8. The van der Waals surface area contributed by atoms with Gasteiger partial charge in [0.05, 0.1) is 27.0 Å². The molecule has 0 spiro atoms. The molecule has 0 saturated carbocycles. The Morgan fingerprint density at radius 2 is 1.36 bits per heavy atom. The summed E-state index contributed by atoms with van der Waals surface area (Å²) in [7, 11) is -15.0. The zero-order valence-corrected chi connectivity index (χ0v) is 17.4. The second-order valence-electron chi connectivity index (χ2n) is 4.78. The van der Waals surface area contributed by atoms with Crippen LogP contribution < -0.4 is 29.6 Å². The zero-order chi connectivity index (χ0) is 17.6. The SMILES string of the molecule is O=S1(=O)OCCOS(=O)(=O)[C-]1S(=O)(=O)c1cccc2ccccc12.[Na+]. The molecule has 1 heterocycles. The minimum Gasteiger partial charge on any atom is -0.290 e.